The summed E-state index contributed by atoms with van der Waals surface area (Å²) in [5, 5.41) is 5.47. The maximum absolute atomic E-state index is 13.6. The summed E-state index contributed by atoms with van der Waals surface area (Å²) in [5.74, 6) is 1.04. The quantitative estimate of drug-likeness (QED) is 0.817. The van der Waals surface area contributed by atoms with Gasteiger partial charge in [0, 0.05) is 31.4 Å². The van der Waals surface area contributed by atoms with E-state index in [1.165, 1.54) is 23.8 Å². The molecular formula is C20H26FN3OS. The predicted octanol–water partition coefficient (Wildman–Crippen LogP) is 4.33. The zero-order valence-corrected chi connectivity index (χ0v) is 16.2. The van der Waals surface area contributed by atoms with Gasteiger partial charge in [-0.1, -0.05) is 32.0 Å². The highest BCUT2D eigenvalue weighted by Gasteiger charge is 2.22. The van der Waals surface area contributed by atoms with Crippen molar-refractivity contribution in [3.8, 4) is 0 Å². The fourth-order valence-electron chi connectivity index (χ4n) is 3.72. The highest BCUT2D eigenvalue weighted by Crippen LogP contribution is 2.24. The Hall–Kier alpha value is -1.79. The molecule has 1 N–H and O–H groups in total. The fourth-order valence-corrected chi connectivity index (χ4v) is 4.44. The third-order valence-corrected chi connectivity index (χ3v) is 5.51. The van der Waals surface area contributed by atoms with Gasteiger partial charge in [-0.15, -0.1) is 11.3 Å². The zero-order chi connectivity index (χ0) is 18.5. The molecule has 1 aliphatic rings. The van der Waals surface area contributed by atoms with Crippen LogP contribution >= 0.6 is 11.3 Å². The van der Waals surface area contributed by atoms with Crippen LogP contribution in [0.3, 0.4) is 0 Å². The predicted molar refractivity (Wildman–Crippen MR) is 104 cm³/mol. The molecule has 2 atom stereocenters. The molecule has 140 valence electrons. The molecule has 1 aromatic carbocycles. The topological polar surface area (TPSA) is 45.2 Å². The van der Waals surface area contributed by atoms with Crippen LogP contribution in [0.4, 0.5) is 9.52 Å². The SMILES string of the molecule is C[C@@H]1C[C@@H](C)CN(Cc2csc(NC(=O)CCc3ccccc3F)n2)C1. The van der Waals surface area contributed by atoms with Gasteiger partial charge in [0.05, 0.1) is 5.69 Å². The molecule has 1 fully saturated rings. The van der Waals surface area contributed by atoms with E-state index >= 15 is 0 Å². The molecule has 2 heterocycles. The van der Waals surface area contributed by atoms with Gasteiger partial charge in [-0.2, -0.15) is 0 Å². The molecule has 3 rings (SSSR count). The molecule has 1 saturated heterocycles. The van der Waals surface area contributed by atoms with Gasteiger partial charge in [-0.3, -0.25) is 9.69 Å². The lowest BCUT2D eigenvalue weighted by Gasteiger charge is -2.34. The maximum atomic E-state index is 13.6. The van der Waals surface area contributed by atoms with Crippen molar-refractivity contribution in [3.63, 3.8) is 0 Å². The van der Waals surface area contributed by atoms with E-state index < -0.39 is 0 Å². The number of carbonyl (C=O) groups is 1. The number of nitrogens with zero attached hydrogens (tertiary/aromatic N) is 2. The van der Waals surface area contributed by atoms with Gasteiger partial charge in [0.2, 0.25) is 5.91 Å². The van der Waals surface area contributed by atoms with E-state index in [0.29, 0.717) is 17.1 Å². The minimum absolute atomic E-state index is 0.130. The summed E-state index contributed by atoms with van der Waals surface area (Å²) in [5.41, 5.74) is 1.57. The van der Waals surface area contributed by atoms with Gasteiger partial charge in [-0.05, 0) is 36.3 Å². The molecule has 1 aromatic heterocycles. The summed E-state index contributed by atoms with van der Waals surface area (Å²) in [7, 11) is 0. The van der Waals surface area contributed by atoms with Crippen LogP contribution in [0, 0.1) is 17.7 Å². The highest BCUT2D eigenvalue weighted by molar-refractivity contribution is 7.13. The third-order valence-electron chi connectivity index (χ3n) is 4.71. The van der Waals surface area contributed by atoms with E-state index in [4.69, 9.17) is 0 Å². The van der Waals surface area contributed by atoms with Crippen LogP contribution in [0.2, 0.25) is 0 Å². The first-order valence-electron chi connectivity index (χ1n) is 9.19. The molecule has 2 aromatic rings. The summed E-state index contributed by atoms with van der Waals surface area (Å²) in [6.07, 6.45) is 1.92. The summed E-state index contributed by atoms with van der Waals surface area (Å²) >= 11 is 1.45. The molecule has 0 aliphatic carbocycles. The van der Waals surface area contributed by atoms with Crippen molar-refractivity contribution in [3.05, 3.63) is 46.7 Å². The van der Waals surface area contributed by atoms with Crippen molar-refractivity contribution >= 4 is 22.4 Å². The van der Waals surface area contributed by atoms with Gasteiger partial charge in [0.25, 0.3) is 0 Å². The second-order valence-corrected chi connectivity index (χ2v) is 8.28. The minimum atomic E-state index is -0.262. The fraction of sp³-hybridized carbons (Fsp3) is 0.500. The smallest absolute Gasteiger partial charge is 0.226 e. The van der Waals surface area contributed by atoms with Gasteiger partial charge in [-0.25, -0.2) is 9.37 Å². The number of aryl methyl sites for hydroxylation is 1. The Bertz CT molecular complexity index is 738. The van der Waals surface area contributed by atoms with Crippen molar-refractivity contribution in [1.82, 2.24) is 9.88 Å². The molecule has 0 unspecified atom stereocenters. The first-order chi connectivity index (χ1) is 12.5. The molecule has 0 spiro atoms. The van der Waals surface area contributed by atoms with Gasteiger partial charge >= 0.3 is 0 Å². The van der Waals surface area contributed by atoms with Crippen molar-refractivity contribution in [2.45, 2.75) is 39.7 Å². The number of halogens is 1. The molecule has 0 bridgehead atoms. The van der Waals surface area contributed by atoms with Gasteiger partial charge < -0.3 is 5.32 Å². The average molecular weight is 376 g/mol. The summed E-state index contributed by atoms with van der Waals surface area (Å²) in [6.45, 7) is 7.63. The summed E-state index contributed by atoms with van der Waals surface area (Å²) in [6, 6.07) is 6.57. The molecule has 4 nitrogen and oxygen atoms in total. The Labute approximate surface area is 158 Å². The lowest BCUT2D eigenvalue weighted by molar-refractivity contribution is -0.116. The Morgan fingerprint density at radius 3 is 2.77 bits per heavy atom. The van der Waals surface area contributed by atoms with Gasteiger partial charge in [0.1, 0.15) is 5.82 Å². The van der Waals surface area contributed by atoms with E-state index in [1.54, 1.807) is 18.2 Å². The number of nitrogens with one attached hydrogen (secondary N) is 1. The first kappa shape index (κ1) is 19.0. The molecule has 0 radical (unpaired) electrons. The summed E-state index contributed by atoms with van der Waals surface area (Å²) < 4.78 is 13.6. The Kier molecular flexibility index (Phi) is 6.38. The van der Waals surface area contributed by atoms with Crippen molar-refractivity contribution < 1.29 is 9.18 Å². The van der Waals surface area contributed by atoms with Crippen LogP contribution in [0.5, 0.6) is 0 Å². The molecule has 0 saturated carbocycles. The van der Waals surface area contributed by atoms with E-state index in [0.717, 1.165) is 37.2 Å². The van der Waals surface area contributed by atoms with Crippen LogP contribution < -0.4 is 5.32 Å². The largest absolute Gasteiger partial charge is 0.302 e. The minimum Gasteiger partial charge on any atom is -0.302 e. The van der Waals surface area contributed by atoms with E-state index in [1.807, 2.05) is 5.38 Å². The normalized spacial score (nSPS) is 20.9. The lowest BCUT2D eigenvalue weighted by Crippen LogP contribution is -2.38. The number of anilines is 1. The second kappa shape index (κ2) is 8.73. The molecular weight excluding hydrogens is 349 g/mol. The van der Waals surface area contributed by atoms with E-state index in [9.17, 15) is 9.18 Å². The molecule has 1 aliphatic heterocycles. The monoisotopic (exact) mass is 375 g/mol. The van der Waals surface area contributed by atoms with Crippen molar-refractivity contribution in [2.75, 3.05) is 18.4 Å². The Balaban J connectivity index is 1.48. The standard InChI is InChI=1S/C20H26FN3OS/c1-14-9-15(2)11-24(10-14)12-17-13-26-20(22-17)23-19(25)8-7-16-5-3-4-6-18(16)21/h3-6,13-15H,7-12H2,1-2H3,(H,22,23,25)/t14-,15-/m1/s1. The zero-order valence-electron chi connectivity index (χ0n) is 15.4. The van der Waals surface area contributed by atoms with E-state index in [-0.39, 0.29) is 18.1 Å². The van der Waals surface area contributed by atoms with Crippen molar-refractivity contribution in [2.24, 2.45) is 11.8 Å². The first-order valence-corrected chi connectivity index (χ1v) is 10.1. The number of aromatic nitrogens is 1. The number of hydrogen-bond donors (Lipinski definition) is 1. The number of benzene rings is 1. The van der Waals surface area contributed by atoms with Crippen LogP contribution in [0.1, 0.15) is 37.9 Å². The van der Waals surface area contributed by atoms with Crippen LogP contribution in [-0.2, 0) is 17.8 Å². The number of rotatable bonds is 6. The number of likely N-dealkylation sites (tertiary alicyclic amines) is 1. The second-order valence-electron chi connectivity index (χ2n) is 7.42. The number of thiazole rings is 1. The Morgan fingerprint density at radius 2 is 2.04 bits per heavy atom. The highest BCUT2D eigenvalue weighted by atomic mass is 32.1. The summed E-state index contributed by atoms with van der Waals surface area (Å²) in [4.78, 5) is 19.1. The molecule has 6 heteroatoms. The van der Waals surface area contributed by atoms with Crippen LogP contribution in [0.25, 0.3) is 0 Å². The maximum Gasteiger partial charge on any atom is 0.226 e. The van der Waals surface area contributed by atoms with Crippen LogP contribution in [0.15, 0.2) is 29.6 Å². The number of carbonyl (C=O) groups excluding carboxylic acids is 1. The third kappa shape index (κ3) is 5.35. The average Bonchev–Trinajstić information content (AvgIpc) is 3.00. The number of piperidine rings is 1. The van der Waals surface area contributed by atoms with Crippen molar-refractivity contribution in [1.29, 1.82) is 0 Å². The van der Waals surface area contributed by atoms with E-state index in [2.05, 4.69) is 29.0 Å². The van der Waals surface area contributed by atoms with Crippen LogP contribution in [-0.4, -0.2) is 28.9 Å². The Morgan fingerprint density at radius 1 is 1.31 bits per heavy atom. The molecule has 1 amide bonds. The number of amides is 1. The lowest BCUT2D eigenvalue weighted by atomic mass is 9.92. The number of hydrogen-bond acceptors (Lipinski definition) is 4. The van der Waals surface area contributed by atoms with Gasteiger partial charge in [0.15, 0.2) is 5.13 Å². The molecule has 26 heavy (non-hydrogen) atoms.